The quantitative estimate of drug-likeness (QED) is 0.785. The molecular weight excluding hydrogens is 336 g/mol. The number of carbonyl (C=O) groups excluding carboxylic acids is 2. The van der Waals surface area contributed by atoms with Crippen molar-refractivity contribution < 1.29 is 19.1 Å². The Kier molecular flexibility index (Phi) is 4.05. The number of likely N-dealkylation sites (N-methyl/N-ethyl adjacent to an activating group) is 1. The van der Waals surface area contributed by atoms with Crippen molar-refractivity contribution >= 4 is 17.5 Å². The van der Waals surface area contributed by atoms with E-state index < -0.39 is 5.60 Å². The highest BCUT2D eigenvalue weighted by Crippen LogP contribution is 2.40. The number of morpholine rings is 1. The first-order chi connectivity index (χ1) is 12.5. The molecule has 0 radical (unpaired) electrons. The van der Waals surface area contributed by atoms with Crippen LogP contribution < -0.4 is 10.1 Å². The highest BCUT2D eigenvalue weighted by molar-refractivity contribution is 6.02. The van der Waals surface area contributed by atoms with Gasteiger partial charge >= 0.3 is 0 Å². The monoisotopic (exact) mass is 356 g/mol. The molecule has 8 nitrogen and oxygen atoms in total. The molecule has 136 valence electrons. The van der Waals surface area contributed by atoms with E-state index in [2.05, 4.69) is 11.4 Å². The van der Waals surface area contributed by atoms with E-state index in [0.29, 0.717) is 56.3 Å². The summed E-state index contributed by atoms with van der Waals surface area (Å²) in [5.41, 5.74) is -0.0367. The van der Waals surface area contributed by atoms with Crippen molar-refractivity contribution in [1.82, 2.24) is 9.80 Å². The lowest BCUT2D eigenvalue weighted by molar-refractivity contribution is -0.131. The zero-order valence-electron chi connectivity index (χ0n) is 14.5. The van der Waals surface area contributed by atoms with Crippen LogP contribution in [0, 0.1) is 11.3 Å². The van der Waals surface area contributed by atoms with Gasteiger partial charge in [-0.1, -0.05) is 0 Å². The zero-order chi connectivity index (χ0) is 18.3. The summed E-state index contributed by atoms with van der Waals surface area (Å²) < 4.78 is 11.4. The Morgan fingerprint density at radius 3 is 2.85 bits per heavy atom. The average molecular weight is 356 g/mol. The van der Waals surface area contributed by atoms with E-state index in [4.69, 9.17) is 9.47 Å². The lowest BCUT2D eigenvalue weighted by Crippen LogP contribution is -2.52. The number of hydrogen-bond acceptors (Lipinski definition) is 6. The predicted octanol–water partition coefficient (Wildman–Crippen LogP) is 0.456. The summed E-state index contributed by atoms with van der Waals surface area (Å²) in [4.78, 5) is 28.8. The molecule has 26 heavy (non-hydrogen) atoms. The van der Waals surface area contributed by atoms with Crippen LogP contribution in [0.2, 0.25) is 0 Å². The Bertz CT molecular complexity index is 799. The molecular formula is C18H20N4O4. The van der Waals surface area contributed by atoms with Crippen molar-refractivity contribution in [1.29, 1.82) is 5.26 Å². The van der Waals surface area contributed by atoms with Gasteiger partial charge < -0.3 is 19.7 Å². The number of benzene rings is 1. The van der Waals surface area contributed by atoms with Gasteiger partial charge in [-0.2, -0.15) is 5.26 Å². The first-order valence-electron chi connectivity index (χ1n) is 8.64. The number of hydrogen-bond donors (Lipinski definition) is 1. The van der Waals surface area contributed by atoms with Crippen LogP contribution in [0.25, 0.3) is 0 Å². The largest absolute Gasteiger partial charge is 0.474 e. The first-order valence-corrected chi connectivity index (χ1v) is 8.64. The summed E-state index contributed by atoms with van der Waals surface area (Å²) in [6.45, 7) is 2.53. The van der Waals surface area contributed by atoms with Crippen molar-refractivity contribution in [3.8, 4) is 11.8 Å². The number of ether oxygens (including phenoxy) is 2. The Morgan fingerprint density at radius 2 is 2.15 bits per heavy atom. The number of nitriles is 1. The van der Waals surface area contributed by atoms with Gasteiger partial charge in [0.1, 0.15) is 11.8 Å². The second-order valence-corrected chi connectivity index (χ2v) is 6.93. The predicted molar refractivity (Wildman–Crippen MR) is 91.8 cm³/mol. The van der Waals surface area contributed by atoms with E-state index in [9.17, 15) is 14.9 Å². The van der Waals surface area contributed by atoms with Gasteiger partial charge in [0, 0.05) is 31.6 Å². The number of fused-ring (bicyclic) bond motifs is 1. The molecule has 3 heterocycles. The van der Waals surface area contributed by atoms with E-state index in [1.807, 2.05) is 4.90 Å². The lowest BCUT2D eigenvalue weighted by Gasteiger charge is -2.34. The molecule has 3 aliphatic rings. The van der Waals surface area contributed by atoms with Crippen LogP contribution >= 0.6 is 0 Å². The smallest absolute Gasteiger partial charge is 0.270 e. The van der Waals surface area contributed by atoms with Gasteiger partial charge in [-0.15, -0.1) is 0 Å². The number of amides is 2. The van der Waals surface area contributed by atoms with Crippen LogP contribution in [0.15, 0.2) is 18.2 Å². The zero-order valence-corrected chi connectivity index (χ0v) is 14.5. The van der Waals surface area contributed by atoms with E-state index in [1.165, 1.54) is 0 Å². The SMILES string of the molecule is CN1C[C@@]2(C[C@H]1C#N)Oc1cc(C(=O)N3CCOCC3)ccc1NC2=O. The summed E-state index contributed by atoms with van der Waals surface area (Å²) in [6.07, 6.45) is 0.299. The molecule has 1 spiro atoms. The van der Waals surface area contributed by atoms with Gasteiger partial charge in [0.05, 0.1) is 25.0 Å². The van der Waals surface area contributed by atoms with Gasteiger partial charge in [0.15, 0.2) is 0 Å². The number of nitrogens with one attached hydrogen (secondary N) is 1. The van der Waals surface area contributed by atoms with Crippen LogP contribution in [0.4, 0.5) is 5.69 Å². The number of anilines is 1. The van der Waals surface area contributed by atoms with E-state index >= 15 is 0 Å². The molecule has 1 N–H and O–H groups in total. The van der Waals surface area contributed by atoms with Crippen molar-refractivity contribution in [3.63, 3.8) is 0 Å². The van der Waals surface area contributed by atoms with Crippen molar-refractivity contribution in [2.45, 2.75) is 18.1 Å². The molecule has 0 saturated carbocycles. The molecule has 0 aliphatic carbocycles. The number of likely N-dealkylation sites (tertiary alicyclic amines) is 1. The third-order valence-corrected chi connectivity index (χ3v) is 5.20. The standard InChI is InChI=1S/C18H20N4O4/c1-21-11-18(9-13(21)10-19)17(24)20-14-3-2-12(8-15(14)26-18)16(23)22-4-6-25-7-5-22/h2-3,8,13H,4-7,9,11H2,1H3,(H,20,24)/t13-,18+/m0/s1. The topological polar surface area (TPSA) is 94.9 Å². The first kappa shape index (κ1) is 16.8. The van der Waals surface area contributed by atoms with E-state index in [-0.39, 0.29) is 17.9 Å². The molecule has 0 aromatic heterocycles. The molecule has 2 atom stereocenters. The van der Waals surface area contributed by atoms with Crippen molar-refractivity contribution in [2.75, 3.05) is 45.2 Å². The maximum absolute atomic E-state index is 12.7. The highest BCUT2D eigenvalue weighted by atomic mass is 16.5. The second kappa shape index (κ2) is 6.27. The average Bonchev–Trinajstić information content (AvgIpc) is 2.99. The third-order valence-electron chi connectivity index (χ3n) is 5.20. The summed E-state index contributed by atoms with van der Waals surface area (Å²) in [7, 11) is 1.80. The van der Waals surface area contributed by atoms with Crippen LogP contribution in [-0.4, -0.2) is 73.2 Å². The molecule has 1 aromatic rings. The van der Waals surface area contributed by atoms with E-state index in [0.717, 1.165) is 0 Å². The minimum atomic E-state index is -1.09. The molecule has 4 rings (SSSR count). The summed E-state index contributed by atoms with van der Waals surface area (Å²) >= 11 is 0. The Labute approximate surface area is 151 Å². The maximum atomic E-state index is 12.7. The van der Waals surface area contributed by atoms with Crippen LogP contribution in [0.1, 0.15) is 16.8 Å². The lowest BCUT2D eigenvalue weighted by atomic mass is 9.96. The molecule has 2 saturated heterocycles. The third kappa shape index (κ3) is 2.69. The fraction of sp³-hybridized carbons (Fsp3) is 0.500. The Hall–Kier alpha value is -2.63. The number of rotatable bonds is 1. The summed E-state index contributed by atoms with van der Waals surface area (Å²) in [5.74, 6) is 0.140. The minimum Gasteiger partial charge on any atom is -0.474 e. The molecule has 0 bridgehead atoms. The van der Waals surface area contributed by atoms with Gasteiger partial charge in [0.25, 0.3) is 11.8 Å². The normalized spacial score (nSPS) is 28.2. The van der Waals surface area contributed by atoms with Crippen LogP contribution in [0.5, 0.6) is 5.75 Å². The van der Waals surface area contributed by atoms with Crippen molar-refractivity contribution in [2.24, 2.45) is 0 Å². The molecule has 0 unspecified atom stereocenters. The fourth-order valence-electron chi connectivity index (χ4n) is 3.71. The fourth-order valence-corrected chi connectivity index (χ4v) is 3.71. The van der Waals surface area contributed by atoms with Crippen LogP contribution in [0.3, 0.4) is 0 Å². The number of nitrogens with zero attached hydrogens (tertiary/aromatic N) is 3. The van der Waals surface area contributed by atoms with Crippen molar-refractivity contribution in [3.05, 3.63) is 23.8 Å². The van der Waals surface area contributed by atoms with Gasteiger partial charge in [-0.25, -0.2) is 0 Å². The molecule has 2 fully saturated rings. The van der Waals surface area contributed by atoms with Gasteiger partial charge in [-0.3, -0.25) is 14.5 Å². The maximum Gasteiger partial charge on any atom is 0.270 e. The van der Waals surface area contributed by atoms with Gasteiger partial charge in [0.2, 0.25) is 5.60 Å². The highest BCUT2D eigenvalue weighted by Gasteiger charge is 2.53. The molecule has 2 amide bonds. The Morgan fingerprint density at radius 1 is 1.38 bits per heavy atom. The minimum absolute atomic E-state index is 0.0795. The Balaban J connectivity index is 1.61. The summed E-state index contributed by atoms with van der Waals surface area (Å²) in [5, 5.41) is 12.1. The molecule has 1 aromatic carbocycles. The molecule has 8 heteroatoms. The van der Waals surface area contributed by atoms with Gasteiger partial charge in [-0.05, 0) is 25.2 Å². The summed E-state index contributed by atoms with van der Waals surface area (Å²) in [6, 6.07) is 6.88. The number of carbonyl (C=O) groups is 2. The second-order valence-electron chi connectivity index (χ2n) is 6.93. The van der Waals surface area contributed by atoms with E-state index in [1.54, 1.807) is 30.1 Å². The van der Waals surface area contributed by atoms with Crippen LogP contribution in [-0.2, 0) is 9.53 Å². The molecule has 3 aliphatic heterocycles.